The van der Waals surface area contributed by atoms with Gasteiger partial charge in [-0.05, 0) is 25.8 Å². The standard InChI is InChI=1S/C17H27N3O2/c1-4-18-17(19-13-9-12-16(21)22-5-2)20(3)14-15-10-7-6-8-11-15/h6-8,10-11H,4-5,9,12-14H2,1-3H3,(H,18,19). The molecular weight excluding hydrogens is 278 g/mol. The maximum Gasteiger partial charge on any atom is 0.305 e. The molecule has 1 aromatic rings. The molecule has 1 rings (SSSR count). The monoisotopic (exact) mass is 305 g/mol. The van der Waals surface area contributed by atoms with Crippen molar-refractivity contribution >= 4 is 11.9 Å². The van der Waals surface area contributed by atoms with Gasteiger partial charge in [0.2, 0.25) is 0 Å². The topological polar surface area (TPSA) is 53.9 Å². The summed E-state index contributed by atoms with van der Waals surface area (Å²) < 4.78 is 4.91. The van der Waals surface area contributed by atoms with Crippen molar-refractivity contribution in [3.8, 4) is 0 Å². The van der Waals surface area contributed by atoms with Crippen LogP contribution < -0.4 is 5.32 Å². The Balaban J connectivity index is 2.48. The van der Waals surface area contributed by atoms with Gasteiger partial charge in [-0.2, -0.15) is 0 Å². The van der Waals surface area contributed by atoms with E-state index in [4.69, 9.17) is 4.74 Å². The predicted molar refractivity (Wildman–Crippen MR) is 89.8 cm³/mol. The Labute approximate surface area is 133 Å². The number of hydrogen-bond acceptors (Lipinski definition) is 3. The van der Waals surface area contributed by atoms with Gasteiger partial charge in [0, 0.05) is 33.1 Å². The number of esters is 1. The van der Waals surface area contributed by atoms with Crippen molar-refractivity contribution < 1.29 is 9.53 Å². The van der Waals surface area contributed by atoms with Gasteiger partial charge in [0.15, 0.2) is 5.96 Å². The molecule has 0 bridgehead atoms. The molecule has 122 valence electrons. The number of benzene rings is 1. The quantitative estimate of drug-likeness (QED) is 0.347. The normalized spacial score (nSPS) is 11.1. The number of guanidine groups is 1. The van der Waals surface area contributed by atoms with E-state index in [1.165, 1.54) is 5.56 Å². The van der Waals surface area contributed by atoms with Gasteiger partial charge >= 0.3 is 5.97 Å². The van der Waals surface area contributed by atoms with E-state index in [9.17, 15) is 4.79 Å². The lowest BCUT2D eigenvalue weighted by atomic mass is 10.2. The molecule has 0 aliphatic rings. The van der Waals surface area contributed by atoms with E-state index < -0.39 is 0 Å². The largest absolute Gasteiger partial charge is 0.466 e. The zero-order chi connectivity index (χ0) is 16.2. The molecule has 5 heteroatoms. The fourth-order valence-electron chi connectivity index (χ4n) is 2.04. The highest BCUT2D eigenvalue weighted by molar-refractivity contribution is 5.79. The van der Waals surface area contributed by atoms with Crippen LogP contribution >= 0.6 is 0 Å². The molecule has 5 nitrogen and oxygen atoms in total. The molecule has 0 aliphatic heterocycles. The highest BCUT2D eigenvalue weighted by Crippen LogP contribution is 2.03. The van der Waals surface area contributed by atoms with Crippen molar-refractivity contribution in [3.05, 3.63) is 35.9 Å². The number of hydrogen-bond donors (Lipinski definition) is 1. The lowest BCUT2D eigenvalue weighted by Gasteiger charge is -2.22. The van der Waals surface area contributed by atoms with Crippen LogP contribution in [0.5, 0.6) is 0 Å². The van der Waals surface area contributed by atoms with Crippen molar-refractivity contribution in [2.75, 3.05) is 26.7 Å². The summed E-state index contributed by atoms with van der Waals surface area (Å²) in [6.45, 7) is 6.52. The molecule has 0 saturated carbocycles. The summed E-state index contributed by atoms with van der Waals surface area (Å²) in [5.41, 5.74) is 1.24. The zero-order valence-corrected chi connectivity index (χ0v) is 13.8. The molecule has 0 aromatic heterocycles. The van der Waals surface area contributed by atoms with Crippen LogP contribution in [0, 0.1) is 0 Å². The molecule has 0 saturated heterocycles. The maximum absolute atomic E-state index is 11.3. The third kappa shape index (κ3) is 7.11. The second kappa shape index (κ2) is 10.7. The summed E-state index contributed by atoms with van der Waals surface area (Å²) in [4.78, 5) is 17.9. The van der Waals surface area contributed by atoms with Crippen LogP contribution in [0.3, 0.4) is 0 Å². The predicted octanol–water partition coefficient (Wildman–Crippen LogP) is 2.43. The molecule has 0 spiro atoms. The smallest absolute Gasteiger partial charge is 0.305 e. The van der Waals surface area contributed by atoms with E-state index in [1.807, 2.05) is 39.1 Å². The Morgan fingerprint density at radius 3 is 2.64 bits per heavy atom. The molecule has 0 atom stereocenters. The van der Waals surface area contributed by atoms with E-state index >= 15 is 0 Å². The average molecular weight is 305 g/mol. The first-order valence-corrected chi connectivity index (χ1v) is 7.86. The first-order valence-electron chi connectivity index (χ1n) is 7.86. The SMILES string of the molecule is CCNC(=NCCCC(=O)OCC)N(C)Cc1ccccc1. The van der Waals surface area contributed by atoms with E-state index in [0.717, 1.165) is 19.0 Å². The van der Waals surface area contributed by atoms with Gasteiger partial charge in [-0.25, -0.2) is 0 Å². The number of carbonyl (C=O) groups excluding carboxylic acids is 1. The summed E-state index contributed by atoms with van der Waals surface area (Å²) in [5, 5.41) is 3.28. The Morgan fingerprint density at radius 1 is 1.27 bits per heavy atom. The Morgan fingerprint density at radius 2 is 2.00 bits per heavy atom. The molecule has 0 unspecified atom stereocenters. The van der Waals surface area contributed by atoms with Gasteiger partial charge in [-0.3, -0.25) is 9.79 Å². The van der Waals surface area contributed by atoms with Gasteiger partial charge in [0.1, 0.15) is 0 Å². The number of carbonyl (C=O) groups is 1. The zero-order valence-electron chi connectivity index (χ0n) is 13.8. The molecule has 22 heavy (non-hydrogen) atoms. The van der Waals surface area contributed by atoms with Gasteiger partial charge in [0.05, 0.1) is 6.61 Å². The van der Waals surface area contributed by atoms with Crippen molar-refractivity contribution in [1.82, 2.24) is 10.2 Å². The Hall–Kier alpha value is -2.04. The highest BCUT2D eigenvalue weighted by atomic mass is 16.5. The molecular formula is C17H27N3O2. The second-order valence-corrected chi connectivity index (χ2v) is 4.99. The number of ether oxygens (including phenoxy) is 1. The second-order valence-electron chi connectivity index (χ2n) is 4.99. The van der Waals surface area contributed by atoms with Crippen LogP contribution in [0.15, 0.2) is 35.3 Å². The average Bonchev–Trinajstić information content (AvgIpc) is 2.51. The summed E-state index contributed by atoms with van der Waals surface area (Å²) in [6, 6.07) is 10.3. The fraction of sp³-hybridized carbons (Fsp3) is 0.529. The molecule has 0 radical (unpaired) electrons. The third-order valence-electron chi connectivity index (χ3n) is 3.06. The van der Waals surface area contributed by atoms with E-state index in [-0.39, 0.29) is 5.97 Å². The van der Waals surface area contributed by atoms with Gasteiger partial charge < -0.3 is 15.0 Å². The summed E-state index contributed by atoms with van der Waals surface area (Å²) in [6.07, 6.45) is 1.12. The maximum atomic E-state index is 11.3. The fourth-order valence-corrected chi connectivity index (χ4v) is 2.04. The summed E-state index contributed by atoms with van der Waals surface area (Å²) in [7, 11) is 2.01. The first-order chi connectivity index (χ1) is 10.7. The van der Waals surface area contributed by atoms with Gasteiger partial charge in [0.25, 0.3) is 0 Å². The van der Waals surface area contributed by atoms with Crippen LogP contribution in [0.2, 0.25) is 0 Å². The lowest BCUT2D eigenvalue weighted by molar-refractivity contribution is -0.143. The third-order valence-corrected chi connectivity index (χ3v) is 3.06. The van der Waals surface area contributed by atoms with E-state index in [0.29, 0.717) is 26.0 Å². The summed E-state index contributed by atoms with van der Waals surface area (Å²) >= 11 is 0. The Kier molecular flexibility index (Phi) is 8.72. The number of aliphatic imine (C=N–C) groups is 1. The molecule has 1 aromatic carbocycles. The minimum Gasteiger partial charge on any atom is -0.466 e. The van der Waals surface area contributed by atoms with Crippen LogP contribution in [-0.4, -0.2) is 43.6 Å². The minimum absolute atomic E-state index is 0.152. The van der Waals surface area contributed by atoms with Crippen LogP contribution in [0.1, 0.15) is 32.3 Å². The number of rotatable bonds is 8. The molecule has 0 fully saturated rings. The van der Waals surface area contributed by atoms with E-state index in [2.05, 4.69) is 27.3 Å². The van der Waals surface area contributed by atoms with Crippen molar-refractivity contribution in [1.29, 1.82) is 0 Å². The van der Waals surface area contributed by atoms with Gasteiger partial charge in [-0.1, -0.05) is 30.3 Å². The molecule has 1 N–H and O–H groups in total. The molecule has 0 aliphatic carbocycles. The van der Waals surface area contributed by atoms with Crippen molar-refractivity contribution in [2.24, 2.45) is 4.99 Å². The lowest BCUT2D eigenvalue weighted by Crippen LogP contribution is -2.38. The number of nitrogens with one attached hydrogen (secondary N) is 1. The number of nitrogens with zero attached hydrogens (tertiary/aromatic N) is 2. The molecule has 0 amide bonds. The van der Waals surface area contributed by atoms with Crippen LogP contribution in [0.4, 0.5) is 0 Å². The highest BCUT2D eigenvalue weighted by Gasteiger charge is 2.06. The minimum atomic E-state index is -0.152. The van der Waals surface area contributed by atoms with Crippen LogP contribution in [0.25, 0.3) is 0 Å². The first kappa shape index (κ1) is 18.0. The molecule has 0 heterocycles. The van der Waals surface area contributed by atoms with E-state index in [1.54, 1.807) is 0 Å². The van der Waals surface area contributed by atoms with Crippen LogP contribution in [-0.2, 0) is 16.1 Å². The Bertz CT molecular complexity index is 460. The van der Waals surface area contributed by atoms with Crippen molar-refractivity contribution in [2.45, 2.75) is 33.2 Å². The summed E-state index contributed by atoms with van der Waals surface area (Å²) in [5.74, 6) is 0.704. The van der Waals surface area contributed by atoms with Crippen molar-refractivity contribution in [3.63, 3.8) is 0 Å². The van der Waals surface area contributed by atoms with Gasteiger partial charge in [-0.15, -0.1) is 0 Å².